The minimum absolute atomic E-state index is 0.120. The van der Waals surface area contributed by atoms with E-state index in [-0.39, 0.29) is 5.75 Å². The Hall–Kier alpha value is -1.55. The van der Waals surface area contributed by atoms with Crippen LogP contribution >= 0.6 is 0 Å². The molecule has 4 heteroatoms. The largest absolute Gasteiger partial charge is 0.508 e. The first-order chi connectivity index (χ1) is 6.09. The second-order valence-corrected chi connectivity index (χ2v) is 2.51. The fourth-order valence-electron chi connectivity index (χ4n) is 0.799. The molecule has 1 rings (SSSR count). The smallest absolute Gasteiger partial charge is 0.321 e. The fraction of sp³-hybridized carbons (Fsp3) is 0.111. The molecule has 1 atom stereocenters. The second-order valence-electron chi connectivity index (χ2n) is 2.51. The molecule has 0 aromatic heterocycles. The van der Waals surface area contributed by atoms with Crippen LogP contribution in [0, 0.1) is 6.42 Å². The summed E-state index contributed by atoms with van der Waals surface area (Å²) in [7, 11) is 0. The summed E-state index contributed by atoms with van der Waals surface area (Å²) in [6.45, 7) is 0. The van der Waals surface area contributed by atoms with E-state index >= 15 is 0 Å². The van der Waals surface area contributed by atoms with Crippen LogP contribution in [0.15, 0.2) is 24.3 Å². The number of nitrogens with two attached hydrogens (primary N) is 1. The van der Waals surface area contributed by atoms with Gasteiger partial charge in [-0.1, -0.05) is 12.1 Å². The van der Waals surface area contributed by atoms with Crippen molar-refractivity contribution < 1.29 is 15.0 Å². The quantitative estimate of drug-likeness (QED) is 0.581. The predicted octanol–water partition coefficient (Wildman–Crippen LogP) is 0.233. The first-order valence-corrected chi connectivity index (χ1v) is 3.63. The summed E-state index contributed by atoms with van der Waals surface area (Å²) in [5, 5.41) is 17.4. The minimum atomic E-state index is -1.13. The van der Waals surface area contributed by atoms with Crippen LogP contribution in [-0.2, 0) is 4.79 Å². The first-order valence-electron chi connectivity index (χ1n) is 3.63. The molecule has 4 N–H and O–H groups in total. The van der Waals surface area contributed by atoms with E-state index in [1.807, 2.05) is 0 Å². The Balaban J connectivity index is 2.64. The van der Waals surface area contributed by atoms with Gasteiger partial charge in [-0.2, -0.15) is 0 Å². The van der Waals surface area contributed by atoms with Crippen LogP contribution in [0.25, 0.3) is 0 Å². The number of rotatable bonds is 3. The second kappa shape index (κ2) is 3.91. The molecular formula is C9H9NO3. The van der Waals surface area contributed by atoms with Crippen molar-refractivity contribution >= 4 is 5.97 Å². The number of carbonyl (C=O) groups is 1. The van der Waals surface area contributed by atoms with Crippen LogP contribution in [0.5, 0.6) is 5.75 Å². The van der Waals surface area contributed by atoms with E-state index in [1.165, 1.54) is 24.3 Å². The van der Waals surface area contributed by atoms with Crippen LogP contribution in [0.4, 0.5) is 0 Å². The monoisotopic (exact) mass is 180 g/mol. The standard InChI is InChI=1S/C9H9NO3/c10-8(9(12)13)5-6-1-3-7(11)4-2-6/h1-4,8,11H,10H2,(H,12,13)/t8-/m1/s1/i5+1. The number of hydrogen-bond donors (Lipinski definition) is 3. The van der Waals surface area contributed by atoms with Gasteiger partial charge in [-0.25, -0.2) is 0 Å². The maximum atomic E-state index is 10.3. The third-order valence-corrected chi connectivity index (χ3v) is 1.46. The van der Waals surface area contributed by atoms with Crippen molar-refractivity contribution in [2.45, 2.75) is 6.04 Å². The number of benzene rings is 1. The maximum absolute atomic E-state index is 10.3. The summed E-state index contributed by atoms with van der Waals surface area (Å²) in [5.41, 5.74) is 5.76. The Labute approximate surface area is 75.6 Å². The summed E-state index contributed by atoms with van der Waals surface area (Å²) in [6.07, 6.45) is 2.54. The Bertz CT molecular complexity index is 294. The van der Waals surface area contributed by atoms with Gasteiger partial charge in [0.25, 0.3) is 0 Å². The molecule has 0 aliphatic heterocycles. The highest BCUT2D eigenvalue weighted by atomic mass is 16.4. The molecule has 0 aliphatic rings. The van der Waals surface area contributed by atoms with Gasteiger partial charge in [0, 0.05) is 6.42 Å². The van der Waals surface area contributed by atoms with Crippen molar-refractivity contribution in [1.29, 1.82) is 0 Å². The molecule has 1 aromatic carbocycles. The SMILES string of the molecule is N[C@H]([13C]c1ccc(O)cc1)C(=O)O. The molecule has 13 heavy (non-hydrogen) atoms. The van der Waals surface area contributed by atoms with Crippen molar-refractivity contribution in [2.24, 2.45) is 5.73 Å². The molecule has 0 unspecified atom stereocenters. The molecule has 2 radical (unpaired) electrons. The molecule has 0 spiro atoms. The van der Waals surface area contributed by atoms with Crippen LogP contribution in [-0.4, -0.2) is 22.2 Å². The van der Waals surface area contributed by atoms with Gasteiger partial charge in [0.05, 0.1) is 0 Å². The number of aromatic hydroxyl groups is 1. The zero-order valence-corrected chi connectivity index (χ0v) is 6.77. The normalized spacial score (nSPS) is 12.4. The Morgan fingerprint density at radius 1 is 1.38 bits per heavy atom. The highest BCUT2D eigenvalue weighted by molar-refractivity contribution is 5.75. The average Bonchev–Trinajstić information content (AvgIpc) is 2.08. The molecule has 0 saturated heterocycles. The number of aliphatic carboxylic acids is 1. The maximum Gasteiger partial charge on any atom is 0.321 e. The van der Waals surface area contributed by atoms with Crippen molar-refractivity contribution in [3.05, 3.63) is 36.2 Å². The molecular weight excluding hydrogens is 171 g/mol. The van der Waals surface area contributed by atoms with E-state index < -0.39 is 12.0 Å². The zero-order chi connectivity index (χ0) is 9.84. The van der Waals surface area contributed by atoms with Crippen molar-refractivity contribution in [3.63, 3.8) is 0 Å². The Morgan fingerprint density at radius 2 is 1.92 bits per heavy atom. The van der Waals surface area contributed by atoms with Crippen LogP contribution in [0.3, 0.4) is 0 Å². The lowest BCUT2D eigenvalue weighted by atomic mass is 10.2. The Kier molecular flexibility index (Phi) is 2.87. The fourth-order valence-corrected chi connectivity index (χ4v) is 0.799. The van der Waals surface area contributed by atoms with E-state index in [9.17, 15) is 4.79 Å². The number of phenolic OH excluding ortho intramolecular Hbond substituents is 1. The number of carboxylic acid groups (broad SMARTS) is 1. The molecule has 0 amide bonds. The molecule has 1 aromatic rings. The molecule has 68 valence electrons. The predicted molar refractivity (Wildman–Crippen MR) is 46.1 cm³/mol. The molecule has 4 nitrogen and oxygen atoms in total. The summed E-state index contributed by atoms with van der Waals surface area (Å²) < 4.78 is 0. The van der Waals surface area contributed by atoms with Crippen LogP contribution < -0.4 is 5.73 Å². The summed E-state index contributed by atoms with van der Waals surface area (Å²) in [5.74, 6) is -1.01. The highest BCUT2D eigenvalue weighted by Crippen LogP contribution is 2.11. The topological polar surface area (TPSA) is 83.5 Å². The third-order valence-electron chi connectivity index (χ3n) is 1.46. The lowest BCUT2D eigenvalue weighted by Gasteiger charge is -2.04. The van der Waals surface area contributed by atoms with Gasteiger partial charge >= 0.3 is 5.97 Å². The van der Waals surface area contributed by atoms with Crippen molar-refractivity contribution in [2.75, 3.05) is 0 Å². The molecule has 0 aliphatic carbocycles. The Morgan fingerprint density at radius 3 is 2.38 bits per heavy atom. The molecule has 0 saturated carbocycles. The van der Waals surface area contributed by atoms with Gasteiger partial charge in [0.2, 0.25) is 0 Å². The summed E-state index contributed by atoms with van der Waals surface area (Å²) in [4.78, 5) is 10.3. The van der Waals surface area contributed by atoms with Gasteiger partial charge < -0.3 is 15.9 Å². The number of phenols is 1. The van der Waals surface area contributed by atoms with Gasteiger partial charge in [-0.15, -0.1) is 0 Å². The lowest BCUT2D eigenvalue weighted by Crippen LogP contribution is -2.30. The van der Waals surface area contributed by atoms with E-state index in [2.05, 4.69) is 6.42 Å². The van der Waals surface area contributed by atoms with E-state index in [0.717, 1.165) is 0 Å². The van der Waals surface area contributed by atoms with Crippen LogP contribution in [0.1, 0.15) is 5.56 Å². The van der Waals surface area contributed by atoms with Gasteiger partial charge in [-0.3, -0.25) is 4.79 Å². The molecule has 0 bridgehead atoms. The zero-order valence-electron chi connectivity index (χ0n) is 6.77. The van der Waals surface area contributed by atoms with Gasteiger partial charge in [0.15, 0.2) is 0 Å². The first kappa shape index (κ1) is 9.54. The molecule has 0 heterocycles. The van der Waals surface area contributed by atoms with Crippen LogP contribution in [0.2, 0.25) is 0 Å². The highest BCUT2D eigenvalue weighted by Gasteiger charge is 2.12. The van der Waals surface area contributed by atoms with E-state index in [0.29, 0.717) is 5.56 Å². The number of hydrogen-bond acceptors (Lipinski definition) is 3. The van der Waals surface area contributed by atoms with Crippen molar-refractivity contribution in [1.82, 2.24) is 0 Å². The van der Waals surface area contributed by atoms with E-state index in [4.69, 9.17) is 15.9 Å². The summed E-state index contributed by atoms with van der Waals surface area (Å²) >= 11 is 0. The van der Waals surface area contributed by atoms with E-state index in [1.54, 1.807) is 0 Å². The molecule has 0 fully saturated rings. The minimum Gasteiger partial charge on any atom is -0.508 e. The lowest BCUT2D eigenvalue weighted by molar-refractivity contribution is -0.137. The van der Waals surface area contributed by atoms with Gasteiger partial charge in [0.1, 0.15) is 11.8 Å². The average molecular weight is 180 g/mol. The summed E-state index contributed by atoms with van der Waals surface area (Å²) in [6, 6.07) is 4.83. The number of carboxylic acids is 1. The third kappa shape index (κ3) is 2.76. The van der Waals surface area contributed by atoms with Gasteiger partial charge in [-0.05, 0) is 17.7 Å². The van der Waals surface area contributed by atoms with Crippen molar-refractivity contribution in [3.8, 4) is 5.75 Å².